The summed E-state index contributed by atoms with van der Waals surface area (Å²) in [4.78, 5) is 12.9. The van der Waals surface area contributed by atoms with Gasteiger partial charge in [0.15, 0.2) is 0 Å². The molecule has 120 valence electrons. The molecule has 0 unspecified atom stereocenters. The number of rotatable bonds is 8. The lowest BCUT2D eigenvalue weighted by Crippen LogP contribution is -2.35. The molecule has 0 fully saturated rings. The van der Waals surface area contributed by atoms with Gasteiger partial charge >= 0.3 is 16.2 Å². The van der Waals surface area contributed by atoms with E-state index in [0.29, 0.717) is 18.1 Å². The maximum Gasteiger partial charge on any atom is 0.341 e. The lowest BCUT2D eigenvalue weighted by molar-refractivity contribution is 0.0528. The summed E-state index contributed by atoms with van der Waals surface area (Å²) < 4.78 is 33.3. The van der Waals surface area contributed by atoms with E-state index in [-0.39, 0.29) is 12.2 Å². The van der Waals surface area contributed by atoms with Crippen LogP contribution in [-0.4, -0.2) is 38.4 Å². The summed E-state index contributed by atoms with van der Waals surface area (Å²) >= 11 is 1.26. The van der Waals surface area contributed by atoms with Crippen LogP contribution < -0.4 is 4.72 Å². The monoisotopic (exact) mass is 334 g/mol. The van der Waals surface area contributed by atoms with Crippen LogP contribution in [0.15, 0.2) is 6.07 Å². The largest absolute Gasteiger partial charge is 0.462 e. The van der Waals surface area contributed by atoms with Crippen molar-refractivity contribution in [2.45, 2.75) is 34.1 Å². The van der Waals surface area contributed by atoms with E-state index in [1.54, 1.807) is 26.8 Å². The van der Waals surface area contributed by atoms with Crippen molar-refractivity contribution >= 4 is 32.5 Å². The highest BCUT2D eigenvalue weighted by Gasteiger charge is 2.24. The fourth-order valence-electron chi connectivity index (χ4n) is 1.80. The third-order valence-corrected chi connectivity index (χ3v) is 5.88. The van der Waals surface area contributed by atoms with E-state index in [1.807, 2.05) is 6.92 Å². The Balaban J connectivity index is 3.12. The number of carbonyl (C=O) groups excluding carboxylic acids is 1. The molecule has 0 saturated heterocycles. The molecule has 1 aromatic rings. The maximum absolute atomic E-state index is 12.3. The highest BCUT2D eigenvalue weighted by molar-refractivity contribution is 7.90. The van der Waals surface area contributed by atoms with E-state index in [0.717, 1.165) is 11.3 Å². The zero-order valence-electron chi connectivity index (χ0n) is 12.8. The number of carbonyl (C=O) groups is 1. The van der Waals surface area contributed by atoms with Gasteiger partial charge in [-0.15, -0.1) is 11.3 Å². The summed E-state index contributed by atoms with van der Waals surface area (Å²) in [6.07, 6.45) is 0.726. The van der Waals surface area contributed by atoms with Gasteiger partial charge in [-0.1, -0.05) is 20.8 Å². The SMILES string of the molecule is CCOC(=O)c1cc(CC)sc1NS(=O)(=O)N(CC)CC. The Morgan fingerprint density at radius 2 is 1.90 bits per heavy atom. The molecule has 8 heteroatoms. The zero-order chi connectivity index (χ0) is 16.0. The topological polar surface area (TPSA) is 75.7 Å². The summed E-state index contributed by atoms with van der Waals surface area (Å²) in [5.74, 6) is -0.509. The summed E-state index contributed by atoms with van der Waals surface area (Å²) in [6, 6.07) is 1.68. The van der Waals surface area contributed by atoms with Crippen molar-refractivity contribution in [3.05, 3.63) is 16.5 Å². The van der Waals surface area contributed by atoms with Gasteiger partial charge in [0.2, 0.25) is 0 Å². The van der Waals surface area contributed by atoms with Crippen LogP contribution in [0.2, 0.25) is 0 Å². The second kappa shape index (κ2) is 7.77. The van der Waals surface area contributed by atoms with E-state index in [4.69, 9.17) is 4.74 Å². The minimum atomic E-state index is -3.66. The van der Waals surface area contributed by atoms with Gasteiger partial charge in [-0.2, -0.15) is 12.7 Å². The molecular weight excluding hydrogens is 312 g/mol. The standard InChI is InChI=1S/C13H22N2O4S2/c1-5-10-9-11(13(16)19-8-4)12(20-10)14-21(17,18)15(6-2)7-3/h9,14H,5-8H2,1-4H3. The van der Waals surface area contributed by atoms with Crippen LogP contribution in [0, 0.1) is 0 Å². The van der Waals surface area contributed by atoms with Gasteiger partial charge in [-0.05, 0) is 19.4 Å². The molecule has 1 heterocycles. The lowest BCUT2D eigenvalue weighted by atomic mass is 10.2. The second-order valence-corrected chi connectivity index (χ2v) is 7.03. The van der Waals surface area contributed by atoms with Crippen LogP contribution >= 0.6 is 11.3 Å². The molecule has 0 aliphatic heterocycles. The molecule has 6 nitrogen and oxygen atoms in total. The quantitative estimate of drug-likeness (QED) is 0.741. The zero-order valence-corrected chi connectivity index (χ0v) is 14.4. The van der Waals surface area contributed by atoms with Gasteiger partial charge in [0, 0.05) is 18.0 Å². The van der Waals surface area contributed by atoms with Crippen LogP contribution in [0.1, 0.15) is 42.9 Å². The Bertz CT molecular complexity index is 577. The summed E-state index contributed by atoms with van der Waals surface area (Å²) in [5, 5.41) is 0.317. The molecule has 1 N–H and O–H groups in total. The smallest absolute Gasteiger partial charge is 0.341 e. The van der Waals surface area contributed by atoms with Crippen molar-refractivity contribution in [2.75, 3.05) is 24.4 Å². The van der Waals surface area contributed by atoms with Crippen LogP contribution in [0.5, 0.6) is 0 Å². The number of hydrogen-bond donors (Lipinski definition) is 1. The Labute approximate surface area is 130 Å². The number of thiophene rings is 1. The molecule has 0 aliphatic rings. The van der Waals surface area contributed by atoms with E-state index in [9.17, 15) is 13.2 Å². The maximum atomic E-state index is 12.3. The predicted molar refractivity (Wildman–Crippen MR) is 85.1 cm³/mol. The number of nitrogens with zero attached hydrogens (tertiary/aromatic N) is 1. The van der Waals surface area contributed by atoms with Gasteiger partial charge in [0.25, 0.3) is 0 Å². The Kier molecular flexibility index (Phi) is 6.63. The number of nitrogens with one attached hydrogen (secondary N) is 1. The van der Waals surface area contributed by atoms with Crippen LogP contribution in [-0.2, 0) is 21.4 Å². The number of anilines is 1. The van der Waals surface area contributed by atoms with Crippen molar-refractivity contribution in [3.8, 4) is 0 Å². The molecule has 0 amide bonds. The van der Waals surface area contributed by atoms with Crippen molar-refractivity contribution < 1.29 is 17.9 Å². The molecule has 0 spiro atoms. The first-order valence-corrected chi connectivity index (χ1v) is 9.22. The fraction of sp³-hybridized carbons (Fsp3) is 0.615. The molecule has 0 atom stereocenters. The normalized spacial score (nSPS) is 11.7. The van der Waals surface area contributed by atoms with Crippen LogP contribution in [0.25, 0.3) is 0 Å². The Hall–Kier alpha value is -1.12. The third kappa shape index (κ3) is 4.42. The summed E-state index contributed by atoms with van der Waals surface area (Å²) in [6.45, 7) is 8.17. The van der Waals surface area contributed by atoms with Gasteiger partial charge in [-0.25, -0.2) is 4.79 Å². The van der Waals surface area contributed by atoms with Gasteiger partial charge in [-0.3, -0.25) is 4.72 Å². The first-order valence-electron chi connectivity index (χ1n) is 6.97. The second-order valence-electron chi connectivity index (χ2n) is 4.22. The number of ether oxygens (including phenoxy) is 1. The third-order valence-electron chi connectivity index (χ3n) is 2.89. The van der Waals surface area contributed by atoms with Gasteiger partial charge < -0.3 is 4.74 Å². The molecule has 1 aromatic heterocycles. The number of esters is 1. The highest BCUT2D eigenvalue weighted by atomic mass is 32.2. The van der Waals surface area contributed by atoms with E-state index in [1.165, 1.54) is 15.6 Å². The number of aryl methyl sites for hydroxylation is 1. The average molecular weight is 334 g/mol. The minimum absolute atomic E-state index is 0.248. The molecule has 0 aromatic carbocycles. The Morgan fingerprint density at radius 1 is 1.29 bits per heavy atom. The van der Waals surface area contributed by atoms with E-state index < -0.39 is 16.2 Å². The van der Waals surface area contributed by atoms with Crippen molar-refractivity contribution in [1.82, 2.24) is 4.31 Å². The van der Waals surface area contributed by atoms with Gasteiger partial charge in [0.1, 0.15) is 5.00 Å². The molecule has 1 rings (SSSR count). The lowest BCUT2D eigenvalue weighted by Gasteiger charge is -2.19. The summed E-state index contributed by atoms with van der Waals surface area (Å²) in [7, 11) is -3.66. The highest BCUT2D eigenvalue weighted by Crippen LogP contribution is 2.30. The molecule has 21 heavy (non-hydrogen) atoms. The predicted octanol–water partition coefficient (Wildman–Crippen LogP) is 2.49. The average Bonchev–Trinajstić information content (AvgIpc) is 2.82. The van der Waals surface area contributed by atoms with Gasteiger partial charge in [0.05, 0.1) is 12.2 Å². The van der Waals surface area contributed by atoms with E-state index in [2.05, 4.69) is 4.72 Å². The molecule has 0 saturated carbocycles. The van der Waals surface area contributed by atoms with Crippen LogP contribution in [0.4, 0.5) is 5.00 Å². The molecule has 0 radical (unpaired) electrons. The van der Waals surface area contributed by atoms with E-state index >= 15 is 0 Å². The van der Waals surface area contributed by atoms with Crippen molar-refractivity contribution in [3.63, 3.8) is 0 Å². The molecule has 0 bridgehead atoms. The molecular formula is C13H22N2O4S2. The first-order chi connectivity index (χ1) is 9.89. The Morgan fingerprint density at radius 3 is 2.38 bits per heavy atom. The molecule has 0 aliphatic carbocycles. The van der Waals surface area contributed by atoms with Crippen molar-refractivity contribution in [2.24, 2.45) is 0 Å². The first kappa shape index (κ1) is 17.9. The summed E-state index contributed by atoms with van der Waals surface area (Å²) in [5.41, 5.74) is 0.273. The number of hydrogen-bond acceptors (Lipinski definition) is 5. The van der Waals surface area contributed by atoms with Crippen molar-refractivity contribution in [1.29, 1.82) is 0 Å². The van der Waals surface area contributed by atoms with Crippen LogP contribution in [0.3, 0.4) is 0 Å². The minimum Gasteiger partial charge on any atom is -0.462 e. The fourth-order valence-corrected chi connectivity index (χ4v) is 4.27.